The Morgan fingerprint density at radius 2 is 2.29 bits per heavy atom. The van der Waals surface area contributed by atoms with Crippen molar-refractivity contribution >= 4 is 21.8 Å². The van der Waals surface area contributed by atoms with Crippen LogP contribution < -0.4 is 5.32 Å². The van der Waals surface area contributed by atoms with E-state index >= 15 is 0 Å². The Balaban J connectivity index is 2.23. The van der Waals surface area contributed by atoms with E-state index in [1.165, 1.54) is 0 Å². The molecular formula is C12H17BrN2O2. The summed E-state index contributed by atoms with van der Waals surface area (Å²) in [6.07, 6.45) is 2.65. The van der Waals surface area contributed by atoms with Crippen molar-refractivity contribution in [1.29, 1.82) is 0 Å². The number of amides is 1. The monoisotopic (exact) mass is 300 g/mol. The number of carbonyl (C=O) groups is 1. The number of nitrogens with one attached hydrogen (secondary N) is 1. The molecule has 94 valence electrons. The molecule has 0 saturated carbocycles. The van der Waals surface area contributed by atoms with E-state index in [0.717, 1.165) is 10.9 Å². The van der Waals surface area contributed by atoms with Gasteiger partial charge in [0, 0.05) is 23.8 Å². The minimum absolute atomic E-state index is 0.151. The van der Waals surface area contributed by atoms with Crippen molar-refractivity contribution < 1.29 is 9.53 Å². The van der Waals surface area contributed by atoms with Crippen LogP contribution in [0.25, 0.3) is 0 Å². The highest BCUT2D eigenvalue weighted by molar-refractivity contribution is 9.10. The standard InChI is InChI=1S/C12H17BrN2O2/c1-9(2)17-7-3-6-14-12(16)11-5-4-10(13)8-15-11/h4-5,8-9H,3,6-7H2,1-2H3,(H,14,16). The molecule has 1 rings (SSSR count). The lowest BCUT2D eigenvalue weighted by Gasteiger charge is -2.08. The van der Waals surface area contributed by atoms with Crippen molar-refractivity contribution in [3.63, 3.8) is 0 Å². The van der Waals surface area contributed by atoms with Crippen molar-refractivity contribution in [2.75, 3.05) is 13.2 Å². The van der Waals surface area contributed by atoms with E-state index < -0.39 is 0 Å². The summed E-state index contributed by atoms with van der Waals surface area (Å²) in [5.41, 5.74) is 0.429. The van der Waals surface area contributed by atoms with Gasteiger partial charge in [-0.15, -0.1) is 0 Å². The van der Waals surface area contributed by atoms with Crippen LogP contribution in [0.3, 0.4) is 0 Å². The van der Waals surface area contributed by atoms with Crippen molar-refractivity contribution in [1.82, 2.24) is 10.3 Å². The van der Waals surface area contributed by atoms with E-state index in [0.29, 0.717) is 18.8 Å². The van der Waals surface area contributed by atoms with E-state index in [9.17, 15) is 4.79 Å². The molecule has 1 heterocycles. The van der Waals surface area contributed by atoms with E-state index in [4.69, 9.17) is 4.74 Å². The van der Waals surface area contributed by atoms with Crippen LogP contribution in [0.4, 0.5) is 0 Å². The molecule has 5 heteroatoms. The molecule has 0 saturated heterocycles. The number of halogens is 1. The minimum atomic E-state index is -0.151. The average Bonchev–Trinajstić information content (AvgIpc) is 2.29. The number of hydrogen-bond donors (Lipinski definition) is 1. The van der Waals surface area contributed by atoms with Crippen LogP contribution in [-0.4, -0.2) is 30.1 Å². The molecule has 0 unspecified atom stereocenters. The van der Waals surface area contributed by atoms with Crippen LogP contribution in [0.5, 0.6) is 0 Å². The van der Waals surface area contributed by atoms with Gasteiger partial charge in [-0.05, 0) is 48.3 Å². The summed E-state index contributed by atoms with van der Waals surface area (Å²) < 4.78 is 6.23. The third-order valence-corrected chi connectivity index (χ3v) is 2.49. The number of nitrogens with zero attached hydrogens (tertiary/aromatic N) is 1. The molecule has 1 N–H and O–H groups in total. The molecule has 0 radical (unpaired) electrons. The van der Waals surface area contributed by atoms with Crippen LogP contribution in [0.2, 0.25) is 0 Å². The lowest BCUT2D eigenvalue weighted by molar-refractivity contribution is 0.0756. The molecule has 1 aromatic rings. The second-order valence-corrected chi connectivity index (χ2v) is 4.81. The zero-order valence-electron chi connectivity index (χ0n) is 10.1. The van der Waals surface area contributed by atoms with Gasteiger partial charge >= 0.3 is 0 Å². The van der Waals surface area contributed by atoms with Gasteiger partial charge in [-0.3, -0.25) is 4.79 Å². The minimum Gasteiger partial charge on any atom is -0.379 e. The molecule has 1 aromatic heterocycles. The first-order valence-corrected chi connectivity index (χ1v) is 6.40. The van der Waals surface area contributed by atoms with Gasteiger partial charge in [-0.2, -0.15) is 0 Å². The first-order valence-electron chi connectivity index (χ1n) is 5.61. The highest BCUT2D eigenvalue weighted by Gasteiger charge is 2.05. The lowest BCUT2D eigenvalue weighted by Crippen LogP contribution is -2.26. The van der Waals surface area contributed by atoms with Crippen LogP contribution in [0, 0.1) is 0 Å². The quantitative estimate of drug-likeness (QED) is 0.821. The van der Waals surface area contributed by atoms with Crippen LogP contribution in [0.1, 0.15) is 30.8 Å². The van der Waals surface area contributed by atoms with Crippen molar-refractivity contribution in [2.45, 2.75) is 26.4 Å². The molecule has 0 bridgehead atoms. The maximum Gasteiger partial charge on any atom is 0.269 e. The third-order valence-electron chi connectivity index (χ3n) is 2.02. The van der Waals surface area contributed by atoms with Crippen LogP contribution in [0.15, 0.2) is 22.8 Å². The molecule has 0 fully saturated rings. The highest BCUT2D eigenvalue weighted by atomic mass is 79.9. The van der Waals surface area contributed by atoms with Gasteiger partial charge in [0.25, 0.3) is 5.91 Å². The topological polar surface area (TPSA) is 51.2 Å². The molecular weight excluding hydrogens is 284 g/mol. The maximum atomic E-state index is 11.6. The summed E-state index contributed by atoms with van der Waals surface area (Å²) in [6, 6.07) is 3.48. The summed E-state index contributed by atoms with van der Waals surface area (Å²) in [4.78, 5) is 15.6. The van der Waals surface area contributed by atoms with Crippen molar-refractivity contribution in [3.05, 3.63) is 28.5 Å². The number of carbonyl (C=O) groups excluding carboxylic acids is 1. The first kappa shape index (κ1) is 14.1. The van der Waals surface area contributed by atoms with Gasteiger partial charge in [-0.1, -0.05) is 0 Å². The number of pyridine rings is 1. The Kier molecular flexibility index (Phi) is 6.15. The summed E-state index contributed by atoms with van der Waals surface area (Å²) in [7, 11) is 0. The summed E-state index contributed by atoms with van der Waals surface area (Å²) >= 11 is 3.27. The van der Waals surface area contributed by atoms with Crippen molar-refractivity contribution in [2.24, 2.45) is 0 Å². The Labute approximate surface area is 110 Å². The molecule has 4 nitrogen and oxygen atoms in total. The van der Waals surface area contributed by atoms with Crippen LogP contribution in [-0.2, 0) is 4.74 Å². The second-order valence-electron chi connectivity index (χ2n) is 3.89. The molecule has 0 aliphatic rings. The highest BCUT2D eigenvalue weighted by Crippen LogP contribution is 2.07. The molecule has 0 aliphatic carbocycles. The predicted molar refractivity (Wildman–Crippen MR) is 70.0 cm³/mol. The zero-order chi connectivity index (χ0) is 12.7. The van der Waals surface area contributed by atoms with Gasteiger partial charge in [0.15, 0.2) is 0 Å². The number of ether oxygens (including phenoxy) is 1. The maximum absolute atomic E-state index is 11.6. The van der Waals surface area contributed by atoms with Gasteiger partial charge in [-0.25, -0.2) is 4.98 Å². The van der Waals surface area contributed by atoms with E-state index in [1.807, 2.05) is 13.8 Å². The van der Waals surface area contributed by atoms with Gasteiger partial charge in [0.2, 0.25) is 0 Å². The van der Waals surface area contributed by atoms with E-state index in [-0.39, 0.29) is 12.0 Å². The predicted octanol–water partition coefficient (Wildman–Crippen LogP) is 2.39. The summed E-state index contributed by atoms with van der Waals surface area (Å²) in [5.74, 6) is -0.151. The molecule has 0 aliphatic heterocycles. The Hall–Kier alpha value is -0.940. The van der Waals surface area contributed by atoms with Gasteiger partial charge in [0.1, 0.15) is 5.69 Å². The molecule has 17 heavy (non-hydrogen) atoms. The fraction of sp³-hybridized carbons (Fsp3) is 0.500. The van der Waals surface area contributed by atoms with Crippen LogP contribution >= 0.6 is 15.9 Å². The largest absolute Gasteiger partial charge is 0.379 e. The second kappa shape index (κ2) is 7.40. The van der Waals surface area contributed by atoms with Gasteiger partial charge < -0.3 is 10.1 Å². The van der Waals surface area contributed by atoms with Gasteiger partial charge in [0.05, 0.1) is 6.10 Å². The first-order chi connectivity index (χ1) is 8.09. The number of aromatic nitrogens is 1. The third kappa shape index (κ3) is 5.79. The Morgan fingerprint density at radius 3 is 2.88 bits per heavy atom. The molecule has 0 aromatic carbocycles. The molecule has 1 amide bonds. The fourth-order valence-electron chi connectivity index (χ4n) is 1.19. The summed E-state index contributed by atoms with van der Waals surface area (Å²) in [5, 5.41) is 2.80. The molecule has 0 atom stereocenters. The van der Waals surface area contributed by atoms with Crippen molar-refractivity contribution in [3.8, 4) is 0 Å². The zero-order valence-corrected chi connectivity index (χ0v) is 11.7. The van der Waals surface area contributed by atoms with E-state index in [1.54, 1.807) is 18.3 Å². The van der Waals surface area contributed by atoms with E-state index in [2.05, 4.69) is 26.2 Å². The summed E-state index contributed by atoms with van der Waals surface area (Å²) in [6.45, 7) is 5.24. The Morgan fingerprint density at radius 1 is 1.53 bits per heavy atom. The lowest BCUT2D eigenvalue weighted by atomic mass is 10.3. The average molecular weight is 301 g/mol. The fourth-order valence-corrected chi connectivity index (χ4v) is 1.43. The normalized spacial score (nSPS) is 10.6. The molecule has 0 spiro atoms. The SMILES string of the molecule is CC(C)OCCCNC(=O)c1ccc(Br)cn1. The number of rotatable bonds is 6. The Bertz CT molecular complexity index is 352. The number of hydrogen-bond acceptors (Lipinski definition) is 3. The smallest absolute Gasteiger partial charge is 0.269 e.